The fourth-order valence-electron chi connectivity index (χ4n) is 3.70. The molecule has 0 amide bonds. The number of hydrogen-bond acceptors (Lipinski definition) is 2. The number of ether oxygens (including phenoxy) is 1. The maximum Gasteiger partial charge on any atom is 0.333 e. The van der Waals surface area contributed by atoms with E-state index in [4.69, 9.17) is 4.74 Å². The zero-order chi connectivity index (χ0) is 20.9. The molecule has 0 aliphatic rings. The number of unbranched alkanes of at least 4 members (excludes halogenated alkanes) is 9. The summed E-state index contributed by atoms with van der Waals surface area (Å²) in [5, 5.41) is 0. The first-order valence-electron chi connectivity index (χ1n) is 12.1. The van der Waals surface area contributed by atoms with Crippen molar-refractivity contribution in [3.63, 3.8) is 0 Å². The van der Waals surface area contributed by atoms with Crippen LogP contribution >= 0.6 is 0 Å². The fourth-order valence-corrected chi connectivity index (χ4v) is 3.70. The third-order valence-electron chi connectivity index (χ3n) is 5.42. The van der Waals surface area contributed by atoms with Crippen molar-refractivity contribution in [2.24, 2.45) is 5.92 Å². The van der Waals surface area contributed by atoms with Crippen LogP contribution in [0.15, 0.2) is 24.3 Å². The lowest BCUT2D eigenvalue weighted by Gasteiger charge is -2.15. The second-order valence-electron chi connectivity index (χ2n) is 8.35. The Bertz CT molecular complexity index is 397. The van der Waals surface area contributed by atoms with Crippen LogP contribution in [0.3, 0.4) is 0 Å². The van der Waals surface area contributed by atoms with Crippen molar-refractivity contribution < 1.29 is 9.53 Å². The number of rotatable bonds is 20. The Morgan fingerprint density at radius 3 is 1.96 bits per heavy atom. The lowest BCUT2D eigenvalue weighted by molar-refractivity contribution is -0.139. The molecule has 0 spiro atoms. The first kappa shape index (κ1) is 27.0. The monoisotopic (exact) mass is 392 g/mol. The van der Waals surface area contributed by atoms with Crippen molar-refractivity contribution in [3.05, 3.63) is 24.3 Å². The molecule has 2 nitrogen and oxygen atoms in total. The zero-order valence-electron chi connectivity index (χ0n) is 19.3. The summed E-state index contributed by atoms with van der Waals surface area (Å²) < 4.78 is 5.12. The van der Waals surface area contributed by atoms with Crippen molar-refractivity contribution in [2.45, 2.75) is 124 Å². The number of allylic oxidation sites excluding steroid dienone is 2. The maximum atomic E-state index is 11.3. The van der Waals surface area contributed by atoms with E-state index < -0.39 is 0 Å². The smallest absolute Gasteiger partial charge is 0.333 e. The van der Waals surface area contributed by atoms with Crippen molar-refractivity contribution >= 4 is 5.97 Å². The molecule has 2 heteroatoms. The Labute approximate surface area is 176 Å². The molecule has 0 heterocycles. The molecule has 0 aromatic rings. The van der Waals surface area contributed by atoms with Crippen LogP contribution in [0.5, 0.6) is 0 Å². The molecule has 0 aliphatic carbocycles. The van der Waals surface area contributed by atoms with E-state index in [0.29, 0.717) is 12.2 Å². The van der Waals surface area contributed by atoms with Crippen LogP contribution in [0, 0.1) is 5.92 Å². The van der Waals surface area contributed by atoms with Crippen molar-refractivity contribution in [2.75, 3.05) is 6.61 Å². The van der Waals surface area contributed by atoms with Crippen LogP contribution < -0.4 is 0 Å². The highest BCUT2D eigenvalue weighted by Crippen LogP contribution is 2.23. The molecule has 0 saturated heterocycles. The van der Waals surface area contributed by atoms with E-state index in [1.165, 1.54) is 89.9 Å². The summed E-state index contributed by atoms with van der Waals surface area (Å²) in [6, 6.07) is 0. The Morgan fingerprint density at radius 2 is 1.39 bits per heavy atom. The van der Waals surface area contributed by atoms with E-state index in [-0.39, 0.29) is 5.97 Å². The zero-order valence-corrected chi connectivity index (χ0v) is 19.3. The molecule has 0 aromatic carbocycles. The van der Waals surface area contributed by atoms with E-state index in [2.05, 4.69) is 32.6 Å². The number of esters is 1. The summed E-state index contributed by atoms with van der Waals surface area (Å²) in [6.07, 6.45) is 25.7. The molecule has 1 unspecified atom stereocenters. The molecule has 0 aromatic heterocycles. The van der Waals surface area contributed by atoms with Gasteiger partial charge in [0.25, 0.3) is 0 Å². The standard InChI is InChI=1S/C26H48O2/c1-5-7-8-9-14-17-21-25(20-6-2)22-18-15-12-10-11-13-16-19-23-28-26(27)24(3)4/h7-8,25H,3,5-6,9-23H2,1-2,4H3. The van der Waals surface area contributed by atoms with Gasteiger partial charge >= 0.3 is 5.97 Å². The van der Waals surface area contributed by atoms with Gasteiger partial charge in [0.2, 0.25) is 0 Å². The fraction of sp³-hybridized carbons (Fsp3) is 0.808. The average molecular weight is 393 g/mol. The van der Waals surface area contributed by atoms with E-state index >= 15 is 0 Å². The van der Waals surface area contributed by atoms with Crippen molar-refractivity contribution in [1.29, 1.82) is 0 Å². The SMILES string of the molecule is C=C(C)C(=O)OCCCCCCCCCCC(CCC)CCCCC=CCC. The highest BCUT2D eigenvalue weighted by molar-refractivity contribution is 5.86. The Hall–Kier alpha value is -1.05. The molecule has 0 bridgehead atoms. The highest BCUT2D eigenvalue weighted by atomic mass is 16.5. The quantitative estimate of drug-likeness (QED) is 0.0897. The maximum absolute atomic E-state index is 11.3. The molecule has 28 heavy (non-hydrogen) atoms. The lowest BCUT2D eigenvalue weighted by Crippen LogP contribution is -2.05. The predicted octanol–water partition coefficient (Wildman–Crippen LogP) is 8.56. The summed E-state index contributed by atoms with van der Waals surface area (Å²) in [5.74, 6) is 0.705. The normalized spacial score (nSPS) is 12.4. The first-order chi connectivity index (χ1) is 13.6. The topological polar surface area (TPSA) is 26.3 Å². The summed E-state index contributed by atoms with van der Waals surface area (Å²) in [4.78, 5) is 11.3. The Balaban J connectivity index is 3.48. The summed E-state index contributed by atoms with van der Waals surface area (Å²) in [5.41, 5.74) is 0.491. The Kier molecular flexibility index (Phi) is 19.9. The van der Waals surface area contributed by atoms with Gasteiger partial charge in [-0.05, 0) is 38.5 Å². The molecule has 0 fully saturated rings. The number of hydrogen-bond donors (Lipinski definition) is 0. The van der Waals surface area contributed by atoms with Crippen molar-refractivity contribution in [1.82, 2.24) is 0 Å². The Morgan fingerprint density at radius 1 is 0.821 bits per heavy atom. The van der Waals surface area contributed by atoms with Crippen LogP contribution in [0.2, 0.25) is 0 Å². The average Bonchev–Trinajstić information content (AvgIpc) is 2.68. The molecule has 0 aliphatic heterocycles. The number of carbonyl (C=O) groups is 1. The third-order valence-corrected chi connectivity index (χ3v) is 5.42. The van der Waals surface area contributed by atoms with Gasteiger partial charge in [0.05, 0.1) is 6.61 Å². The van der Waals surface area contributed by atoms with E-state index in [1.807, 2.05) is 0 Å². The summed E-state index contributed by atoms with van der Waals surface area (Å²) in [6.45, 7) is 10.4. The minimum Gasteiger partial charge on any atom is -0.462 e. The van der Waals surface area contributed by atoms with Gasteiger partial charge in [0.15, 0.2) is 0 Å². The summed E-state index contributed by atoms with van der Waals surface area (Å²) >= 11 is 0. The number of carbonyl (C=O) groups excluding carboxylic acids is 1. The van der Waals surface area contributed by atoms with Crippen LogP contribution in [0.1, 0.15) is 124 Å². The van der Waals surface area contributed by atoms with Gasteiger partial charge in [-0.3, -0.25) is 0 Å². The minimum atomic E-state index is -0.255. The minimum absolute atomic E-state index is 0.255. The molecule has 0 saturated carbocycles. The largest absolute Gasteiger partial charge is 0.462 e. The molecular formula is C26H48O2. The van der Waals surface area contributed by atoms with Gasteiger partial charge in [-0.15, -0.1) is 0 Å². The van der Waals surface area contributed by atoms with Gasteiger partial charge in [0, 0.05) is 5.57 Å². The lowest BCUT2D eigenvalue weighted by atomic mass is 9.91. The predicted molar refractivity (Wildman–Crippen MR) is 124 cm³/mol. The first-order valence-corrected chi connectivity index (χ1v) is 12.1. The van der Waals surface area contributed by atoms with E-state index in [0.717, 1.165) is 18.8 Å². The molecule has 0 rings (SSSR count). The van der Waals surface area contributed by atoms with Crippen LogP contribution in [0.25, 0.3) is 0 Å². The molecule has 0 radical (unpaired) electrons. The van der Waals surface area contributed by atoms with Gasteiger partial charge in [-0.25, -0.2) is 4.79 Å². The molecule has 164 valence electrons. The second kappa shape index (κ2) is 20.7. The van der Waals surface area contributed by atoms with Gasteiger partial charge in [0.1, 0.15) is 0 Å². The van der Waals surface area contributed by atoms with E-state index in [1.54, 1.807) is 6.92 Å². The molecule has 0 N–H and O–H groups in total. The van der Waals surface area contributed by atoms with Crippen LogP contribution in [-0.4, -0.2) is 12.6 Å². The third kappa shape index (κ3) is 18.3. The molecule has 1 atom stereocenters. The van der Waals surface area contributed by atoms with E-state index in [9.17, 15) is 4.79 Å². The van der Waals surface area contributed by atoms with Crippen LogP contribution in [-0.2, 0) is 9.53 Å². The van der Waals surface area contributed by atoms with Gasteiger partial charge < -0.3 is 4.74 Å². The second-order valence-corrected chi connectivity index (χ2v) is 8.35. The highest BCUT2D eigenvalue weighted by Gasteiger charge is 2.07. The molecular weight excluding hydrogens is 344 g/mol. The van der Waals surface area contributed by atoms with Crippen LogP contribution in [0.4, 0.5) is 0 Å². The summed E-state index contributed by atoms with van der Waals surface area (Å²) in [7, 11) is 0. The van der Waals surface area contributed by atoms with Gasteiger partial charge in [-0.2, -0.15) is 0 Å². The van der Waals surface area contributed by atoms with Crippen molar-refractivity contribution in [3.8, 4) is 0 Å². The van der Waals surface area contributed by atoms with Gasteiger partial charge in [-0.1, -0.05) is 110 Å².